The molecule has 1 aliphatic heterocycles. The fourth-order valence-electron chi connectivity index (χ4n) is 1.45. The monoisotopic (exact) mass is 348 g/mol. The number of piperidine rings is 1. The Kier molecular flexibility index (Phi) is 8.45. The third kappa shape index (κ3) is 11.3. The van der Waals surface area contributed by atoms with Crippen molar-refractivity contribution in [1.29, 1.82) is 5.26 Å². The first-order valence-corrected chi connectivity index (χ1v) is 6.22. The summed E-state index contributed by atoms with van der Waals surface area (Å²) in [5.41, 5.74) is 0.896. The molecule has 5 nitrogen and oxygen atoms in total. The minimum atomic E-state index is -4.50. The van der Waals surface area contributed by atoms with Gasteiger partial charge in [-0.25, -0.2) is 4.79 Å². The van der Waals surface area contributed by atoms with E-state index in [1.165, 1.54) is 11.0 Å². The molecule has 0 aliphatic carbocycles. The van der Waals surface area contributed by atoms with Crippen LogP contribution in [0.25, 0.3) is 0 Å². The summed E-state index contributed by atoms with van der Waals surface area (Å²) in [6, 6.07) is 1.88. The number of allylic oxidation sites excluding steroid dienone is 1. The van der Waals surface area contributed by atoms with Crippen molar-refractivity contribution in [2.45, 2.75) is 25.2 Å². The zero-order valence-electron chi connectivity index (χ0n) is 11.7. The van der Waals surface area contributed by atoms with E-state index in [0.29, 0.717) is 12.8 Å². The predicted molar refractivity (Wildman–Crippen MR) is 65.0 cm³/mol. The van der Waals surface area contributed by atoms with E-state index >= 15 is 0 Å². The second kappa shape index (κ2) is 9.24. The molecular formula is C12H14F6N2O3. The standard InChI is InChI=1S/C10H11F3N2O2.C2H3F3O/c11-10(12,13)7-17-9(16)15-5-2-8(1-4-14)3-6-15;3-2(4,5)1-6/h1H,2-3,5-7H2;6H,1H2. The van der Waals surface area contributed by atoms with Crippen LogP contribution in [0.5, 0.6) is 0 Å². The Labute approximate surface area is 127 Å². The molecule has 0 atom stereocenters. The second-order valence-corrected chi connectivity index (χ2v) is 4.36. The van der Waals surface area contributed by atoms with Crippen molar-refractivity contribution in [2.24, 2.45) is 0 Å². The minimum absolute atomic E-state index is 0.282. The van der Waals surface area contributed by atoms with Crippen molar-refractivity contribution in [3.8, 4) is 6.07 Å². The molecule has 1 rings (SSSR count). The van der Waals surface area contributed by atoms with Crippen molar-refractivity contribution < 1.29 is 41.0 Å². The lowest BCUT2D eigenvalue weighted by Crippen LogP contribution is -2.38. The second-order valence-electron chi connectivity index (χ2n) is 4.36. The molecule has 0 radical (unpaired) electrons. The highest BCUT2D eigenvalue weighted by atomic mass is 19.4. The molecule has 11 heteroatoms. The molecule has 1 N–H and O–H groups in total. The number of ether oxygens (including phenoxy) is 1. The first kappa shape index (κ1) is 21.0. The van der Waals surface area contributed by atoms with Gasteiger partial charge in [0.05, 0.1) is 6.07 Å². The molecular weight excluding hydrogens is 334 g/mol. The summed E-state index contributed by atoms with van der Waals surface area (Å²) in [5, 5.41) is 15.7. The van der Waals surface area contributed by atoms with Gasteiger partial charge in [-0.2, -0.15) is 31.6 Å². The zero-order chi connectivity index (χ0) is 18.1. The van der Waals surface area contributed by atoms with E-state index in [1.807, 2.05) is 6.07 Å². The first-order chi connectivity index (χ1) is 10.5. The van der Waals surface area contributed by atoms with E-state index in [9.17, 15) is 31.1 Å². The van der Waals surface area contributed by atoms with Gasteiger partial charge in [-0.3, -0.25) is 0 Å². The highest BCUT2D eigenvalue weighted by molar-refractivity contribution is 5.67. The number of halogens is 6. The van der Waals surface area contributed by atoms with Crippen molar-refractivity contribution >= 4 is 6.09 Å². The van der Waals surface area contributed by atoms with Gasteiger partial charge in [-0.1, -0.05) is 5.57 Å². The van der Waals surface area contributed by atoms with Crippen LogP contribution < -0.4 is 0 Å². The number of rotatable bonds is 1. The topological polar surface area (TPSA) is 73.6 Å². The van der Waals surface area contributed by atoms with Crippen LogP contribution in [0.2, 0.25) is 0 Å². The molecule has 0 aromatic rings. The minimum Gasteiger partial charge on any atom is -0.440 e. The summed E-state index contributed by atoms with van der Waals surface area (Å²) >= 11 is 0. The number of aliphatic hydroxyl groups excluding tert-OH is 1. The van der Waals surface area contributed by atoms with Gasteiger partial charge in [-0.05, 0) is 12.8 Å². The summed E-state index contributed by atoms with van der Waals surface area (Å²) in [4.78, 5) is 12.4. The van der Waals surface area contributed by atoms with E-state index in [1.54, 1.807) is 0 Å². The molecule has 0 bridgehead atoms. The summed E-state index contributed by atoms with van der Waals surface area (Å²) in [5.74, 6) is 0. The number of likely N-dealkylation sites (tertiary alicyclic amines) is 1. The average Bonchev–Trinajstić information content (AvgIpc) is 2.45. The summed E-state index contributed by atoms with van der Waals surface area (Å²) in [6.07, 6.45) is -7.47. The van der Waals surface area contributed by atoms with Crippen LogP contribution >= 0.6 is 0 Å². The van der Waals surface area contributed by atoms with E-state index < -0.39 is 31.7 Å². The predicted octanol–water partition coefficient (Wildman–Crippen LogP) is 2.77. The molecule has 1 heterocycles. The lowest BCUT2D eigenvalue weighted by atomic mass is 10.0. The largest absolute Gasteiger partial charge is 0.440 e. The molecule has 1 amide bonds. The number of nitriles is 1. The normalized spacial score (nSPS) is 15.2. The Morgan fingerprint density at radius 2 is 1.70 bits per heavy atom. The fraction of sp³-hybridized carbons (Fsp3) is 0.667. The van der Waals surface area contributed by atoms with Gasteiger partial charge in [-0.15, -0.1) is 0 Å². The van der Waals surface area contributed by atoms with Gasteiger partial charge in [0.15, 0.2) is 6.61 Å². The molecule has 23 heavy (non-hydrogen) atoms. The highest BCUT2D eigenvalue weighted by Gasteiger charge is 2.31. The number of nitrogens with zero attached hydrogens (tertiary/aromatic N) is 2. The first-order valence-electron chi connectivity index (χ1n) is 6.22. The van der Waals surface area contributed by atoms with E-state index in [2.05, 4.69) is 4.74 Å². The maximum Gasteiger partial charge on any atom is 0.422 e. The van der Waals surface area contributed by atoms with Crippen LogP contribution in [-0.2, 0) is 4.74 Å². The maximum absolute atomic E-state index is 11.8. The van der Waals surface area contributed by atoms with Crippen molar-refractivity contribution in [3.63, 3.8) is 0 Å². The number of carbonyl (C=O) groups excluding carboxylic acids is 1. The van der Waals surface area contributed by atoms with Crippen LogP contribution in [0.4, 0.5) is 31.1 Å². The fourth-order valence-corrected chi connectivity index (χ4v) is 1.45. The van der Waals surface area contributed by atoms with Gasteiger partial charge < -0.3 is 14.7 Å². The van der Waals surface area contributed by atoms with E-state index in [4.69, 9.17) is 10.4 Å². The van der Waals surface area contributed by atoms with Gasteiger partial charge in [0.2, 0.25) is 0 Å². The zero-order valence-corrected chi connectivity index (χ0v) is 11.7. The number of hydrogen-bond donors (Lipinski definition) is 1. The van der Waals surface area contributed by atoms with Crippen molar-refractivity contribution in [3.05, 3.63) is 11.6 Å². The molecule has 0 unspecified atom stereocenters. The van der Waals surface area contributed by atoms with Crippen LogP contribution in [0.3, 0.4) is 0 Å². The highest BCUT2D eigenvalue weighted by Crippen LogP contribution is 2.18. The molecule has 1 saturated heterocycles. The van der Waals surface area contributed by atoms with Gasteiger partial charge in [0, 0.05) is 19.2 Å². The Bertz CT molecular complexity index is 443. The smallest absolute Gasteiger partial charge is 0.422 e. The van der Waals surface area contributed by atoms with Crippen LogP contribution in [0, 0.1) is 11.3 Å². The quantitative estimate of drug-likeness (QED) is 0.584. The third-order valence-electron chi connectivity index (χ3n) is 2.47. The summed E-state index contributed by atoms with van der Waals surface area (Å²) < 4.78 is 71.1. The van der Waals surface area contributed by atoms with Crippen molar-refractivity contribution in [2.75, 3.05) is 26.3 Å². The molecule has 0 saturated carbocycles. The number of aliphatic hydroxyl groups is 1. The van der Waals surface area contributed by atoms with Crippen LogP contribution in [0.15, 0.2) is 11.6 Å². The summed E-state index contributed by atoms with van der Waals surface area (Å²) in [6.45, 7) is -2.73. The summed E-state index contributed by atoms with van der Waals surface area (Å²) in [7, 11) is 0. The molecule has 0 aromatic heterocycles. The number of alkyl halides is 6. The lowest BCUT2D eigenvalue weighted by molar-refractivity contribution is -0.162. The SMILES string of the molecule is N#CC=C1CCN(C(=O)OCC(F)(F)F)CC1.OCC(F)(F)F. The van der Waals surface area contributed by atoms with Gasteiger partial charge >= 0.3 is 18.4 Å². The third-order valence-corrected chi connectivity index (χ3v) is 2.47. The molecule has 1 aliphatic rings. The Morgan fingerprint density at radius 1 is 1.22 bits per heavy atom. The number of hydrogen-bond acceptors (Lipinski definition) is 4. The Morgan fingerprint density at radius 3 is 2.04 bits per heavy atom. The maximum atomic E-state index is 11.8. The van der Waals surface area contributed by atoms with Crippen LogP contribution in [0.1, 0.15) is 12.8 Å². The van der Waals surface area contributed by atoms with Gasteiger partial charge in [0.25, 0.3) is 0 Å². The van der Waals surface area contributed by atoms with E-state index in [-0.39, 0.29) is 13.1 Å². The number of carbonyl (C=O) groups is 1. The Hall–Kier alpha value is -1.96. The number of amides is 1. The van der Waals surface area contributed by atoms with Crippen molar-refractivity contribution in [1.82, 2.24) is 4.90 Å². The van der Waals surface area contributed by atoms with Crippen LogP contribution in [-0.4, -0.2) is 54.8 Å². The molecule has 0 aromatic carbocycles. The van der Waals surface area contributed by atoms with Gasteiger partial charge in [0.1, 0.15) is 6.61 Å². The molecule has 1 fully saturated rings. The Balaban J connectivity index is 0.000000688. The van der Waals surface area contributed by atoms with E-state index in [0.717, 1.165) is 5.57 Å². The molecule has 0 spiro atoms. The lowest BCUT2D eigenvalue weighted by Gasteiger charge is -2.27. The average molecular weight is 348 g/mol. The molecule has 132 valence electrons.